The second-order valence-electron chi connectivity index (χ2n) is 12.5. The Hall–Kier alpha value is -4.31. The summed E-state index contributed by atoms with van der Waals surface area (Å²) in [5.74, 6) is 2.95. The molecule has 3 saturated heterocycles. The van der Waals surface area contributed by atoms with Crippen molar-refractivity contribution >= 4 is 29.2 Å². The zero-order chi connectivity index (χ0) is 32.9. The van der Waals surface area contributed by atoms with Crippen LogP contribution in [-0.4, -0.2) is 106 Å². The number of likely N-dealkylation sites (tertiary alicyclic amines) is 2. The number of nitrogens with one attached hydrogen (secondary N) is 3. The first-order valence-corrected chi connectivity index (χ1v) is 16.8. The highest BCUT2D eigenvalue weighted by atomic mass is 35.5. The molecular weight excluding hydrogens is 618 g/mol. The number of nitrogens with zero attached hydrogens (tertiary/aromatic N) is 5. The summed E-state index contributed by atoms with van der Waals surface area (Å²) in [5.41, 5.74) is 8.10. The number of hydrogen-bond donors (Lipinski definition) is 4. The maximum Gasteiger partial charge on any atom is 0.343 e. The third-order valence-electron chi connectivity index (χ3n) is 9.61. The molecule has 0 radical (unpaired) electrons. The number of terminal acetylenes is 1. The van der Waals surface area contributed by atoms with Crippen LogP contribution in [0.2, 0.25) is 5.02 Å². The van der Waals surface area contributed by atoms with Gasteiger partial charge in [-0.25, -0.2) is 14.3 Å². The molecule has 3 fully saturated rings. The predicted molar refractivity (Wildman–Crippen MR) is 182 cm³/mol. The van der Waals surface area contributed by atoms with Crippen LogP contribution >= 0.6 is 11.6 Å². The first-order chi connectivity index (χ1) is 22.8. The van der Waals surface area contributed by atoms with Gasteiger partial charge in [0.25, 0.3) is 0 Å². The molecule has 1 atom stereocenters. The van der Waals surface area contributed by atoms with Crippen molar-refractivity contribution in [3.05, 3.63) is 69.1 Å². The Kier molecular flexibility index (Phi) is 10.2. The number of amides is 3. The number of carbonyl (C=O) groups excluding carboxylic acids is 2. The van der Waals surface area contributed by atoms with Gasteiger partial charge >= 0.3 is 11.7 Å². The number of piperazine rings is 1. The molecule has 0 aliphatic carbocycles. The van der Waals surface area contributed by atoms with Crippen molar-refractivity contribution in [2.75, 3.05) is 58.1 Å². The lowest BCUT2D eigenvalue weighted by Gasteiger charge is -2.41. The lowest BCUT2D eigenvalue weighted by Crippen LogP contribution is -2.57. The number of nitrogen functional groups attached to an aromatic ring is 1. The van der Waals surface area contributed by atoms with Gasteiger partial charge in [0.2, 0.25) is 5.91 Å². The molecule has 248 valence electrons. The normalized spacial score (nSPS) is 18.9. The lowest BCUT2D eigenvalue weighted by atomic mass is 9.98. The summed E-state index contributed by atoms with van der Waals surface area (Å²) in [6, 6.07) is 12.1. The number of piperidine rings is 2. The second-order valence-corrected chi connectivity index (χ2v) is 12.9. The molecule has 47 heavy (non-hydrogen) atoms. The van der Waals surface area contributed by atoms with Crippen molar-refractivity contribution in [3.63, 3.8) is 0 Å². The van der Waals surface area contributed by atoms with E-state index in [1.165, 1.54) is 4.68 Å². The Morgan fingerprint density at radius 3 is 2.34 bits per heavy atom. The quantitative estimate of drug-likeness (QED) is 0.225. The van der Waals surface area contributed by atoms with E-state index in [2.05, 4.69) is 31.5 Å². The number of aromatic nitrogens is 3. The fourth-order valence-electron chi connectivity index (χ4n) is 6.93. The molecule has 0 saturated carbocycles. The van der Waals surface area contributed by atoms with Gasteiger partial charge in [0.1, 0.15) is 6.04 Å². The molecule has 4 heterocycles. The number of aromatic amines is 1. The molecule has 3 aliphatic heterocycles. The molecular formula is C34H42ClN9O3. The summed E-state index contributed by atoms with van der Waals surface area (Å²) in [5, 5.41) is 11.3. The fraction of sp³-hybridized carbons (Fsp3) is 0.471. The number of H-pyrrole nitrogens is 1. The van der Waals surface area contributed by atoms with Gasteiger partial charge in [0.15, 0.2) is 5.82 Å². The predicted octanol–water partition coefficient (Wildman–Crippen LogP) is 2.31. The van der Waals surface area contributed by atoms with Gasteiger partial charge in [-0.1, -0.05) is 47.9 Å². The Bertz CT molecular complexity index is 1660. The largest absolute Gasteiger partial charge is 0.397 e. The highest BCUT2D eigenvalue weighted by molar-refractivity contribution is 6.33. The number of benzene rings is 2. The molecule has 3 aliphatic rings. The maximum atomic E-state index is 14.0. The Morgan fingerprint density at radius 2 is 1.66 bits per heavy atom. The van der Waals surface area contributed by atoms with Crippen LogP contribution in [0.15, 0.2) is 47.3 Å². The number of anilines is 1. The summed E-state index contributed by atoms with van der Waals surface area (Å²) < 4.78 is 1.49. The van der Waals surface area contributed by atoms with E-state index in [4.69, 9.17) is 23.8 Å². The topological polar surface area (TPSA) is 145 Å². The third-order valence-corrected chi connectivity index (χ3v) is 9.92. The summed E-state index contributed by atoms with van der Waals surface area (Å²) in [4.78, 5) is 49.4. The van der Waals surface area contributed by atoms with Crippen LogP contribution in [0.3, 0.4) is 0 Å². The number of nitrogens with two attached hydrogens (primary N) is 1. The van der Waals surface area contributed by atoms with E-state index in [0.29, 0.717) is 67.2 Å². The van der Waals surface area contributed by atoms with Gasteiger partial charge in [-0.15, -0.1) is 11.5 Å². The molecule has 6 rings (SSSR count). The number of halogens is 1. The van der Waals surface area contributed by atoms with Gasteiger partial charge in [-0.2, -0.15) is 0 Å². The Balaban J connectivity index is 1.12. The molecule has 0 unspecified atom stereocenters. The number of rotatable bonds is 7. The van der Waals surface area contributed by atoms with E-state index in [1.54, 1.807) is 17.0 Å². The minimum Gasteiger partial charge on any atom is -0.397 e. The molecule has 3 aromatic rings. The van der Waals surface area contributed by atoms with Crippen molar-refractivity contribution in [2.45, 2.75) is 50.2 Å². The molecule has 2 aromatic carbocycles. The molecule has 0 bridgehead atoms. The van der Waals surface area contributed by atoms with Crippen LogP contribution in [0.5, 0.6) is 0 Å². The van der Waals surface area contributed by atoms with Crippen molar-refractivity contribution in [3.8, 4) is 23.7 Å². The van der Waals surface area contributed by atoms with Gasteiger partial charge in [0.05, 0.1) is 16.8 Å². The van der Waals surface area contributed by atoms with E-state index in [1.807, 2.05) is 35.2 Å². The van der Waals surface area contributed by atoms with E-state index in [9.17, 15) is 14.4 Å². The monoisotopic (exact) mass is 659 g/mol. The van der Waals surface area contributed by atoms with E-state index in [-0.39, 0.29) is 30.1 Å². The average Bonchev–Trinajstić information content (AvgIpc) is 3.51. The van der Waals surface area contributed by atoms with Crippen molar-refractivity contribution in [2.24, 2.45) is 0 Å². The van der Waals surface area contributed by atoms with Crippen LogP contribution in [0.4, 0.5) is 10.5 Å². The first kappa shape index (κ1) is 32.6. The Labute approximate surface area is 279 Å². The minimum atomic E-state index is -0.816. The fourth-order valence-corrected chi connectivity index (χ4v) is 7.17. The smallest absolute Gasteiger partial charge is 0.343 e. The zero-order valence-electron chi connectivity index (χ0n) is 26.5. The van der Waals surface area contributed by atoms with Crippen LogP contribution in [0.25, 0.3) is 11.4 Å². The van der Waals surface area contributed by atoms with Gasteiger partial charge in [-0.3, -0.25) is 14.7 Å². The molecule has 5 N–H and O–H groups in total. The minimum absolute atomic E-state index is 0.126. The van der Waals surface area contributed by atoms with E-state index in [0.717, 1.165) is 50.1 Å². The van der Waals surface area contributed by atoms with Crippen LogP contribution < -0.4 is 22.1 Å². The van der Waals surface area contributed by atoms with Gasteiger partial charge < -0.3 is 26.2 Å². The van der Waals surface area contributed by atoms with E-state index >= 15 is 0 Å². The highest BCUT2D eigenvalue weighted by Crippen LogP contribution is 2.27. The lowest BCUT2D eigenvalue weighted by molar-refractivity contribution is -0.134. The standard InChI is InChI=1S/C34H42ClN9O3/c1-2-24-20-23(21-28(35)30(24)36)22-29(32(45)42-14-8-26(9-15-42)41-18-12-37-13-19-41)38-33(46)43-16-10-27(11-17-43)44-34(47)39-31(40-44)25-6-4-3-5-7-25/h1,3-7,20-21,26-27,29,37H,8-19,22,36H2,(H,38,46)(H,39,40,47)/t29-/m1/s1. The number of carbonyl (C=O) groups is 2. The van der Waals surface area contributed by atoms with Crippen LogP contribution in [-0.2, 0) is 11.2 Å². The SMILES string of the molecule is C#Cc1cc(C[C@@H](NC(=O)N2CCC(n3nc(-c4ccccc4)[nH]c3=O)CC2)C(=O)N2CCC(N3CCNCC3)CC2)cc(Cl)c1N. The average molecular weight is 660 g/mol. The van der Waals surface area contributed by atoms with Gasteiger partial charge in [0, 0.05) is 75.9 Å². The maximum absolute atomic E-state index is 14.0. The van der Waals surface area contributed by atoms with Crippen molar-refractivity contribution in [1.29, 1.82) is 0 Å². The molecule has 12 nitrogen and oxygen atoms in total. The first-order valence-electron chi connectivity index (χ1n) is 16.4. The molecule has 1 aromatic heterocycles. The Morgan fingerprint density at radius 1 is 1.00 bits per heavy atom. The zero-order valence-corrected chi connectivity index (χ0v) is 27.2. The number of urea groups is 1. The summed E-state index contributed by atoms with van der Waals surface area (Å²) in [6.45, 7) is 6.12. The molecule has 13 heteroatoms. The number of hydrogen-bond acceptors (Lipinski definition) is 7. The second kappa shape index (κ2) is 14.6. The summed E-state index contributed by atoms with van der Waals surface area (Å²) >= 11 is 6.39. The third kappa shape index (κ3) is 7.48. The molecule has 3 amide bonds. The van der Waals surface area contributed by atoms with Crippen molar-refractivity contribution < 1.29 is 9.59 Å². The van der Waals surface area contributed by atoms with Crippen LogP contribution in [0.1, 0.15) is 42.9 Å². The van der Waals surface area contributed by atoms with Crippen LogP contribution in [0, 0.1) is 12.3 Å². The van der Waals surface area contributed by atoms with E-state index < -0.39 is 6.04 Å². The molecule has 0 spiro atoms. The summed E-state index contributed by atoms with van der Waals surface area (Å²) in [7, 11) is 0. The summed E-state index contributed by atoms with van der Waals surface area (Å²) in [6.07, 6.45) is 8.80. The van der Waals surface area contributed by atoms with Gasteiger partial charge in [-0.05, 0) is 43.4 Å². The highest BCUT2D eigenvalue weighted by Gasteiger charge is 2.34. The van der Waals surface area contributed by atoms with Crippen molar-refractivity contribution in [1.82, 2.24) is 40.1 Å².